The number of alkyl halides is 1. The number of amides is 2. The number of thiophene rings is 1. The fourth-order valence-electron chi connectivity index (χ4n) is 3.22. The van der Waals surface area contributed by atoms with Gasteiger partial charge in [0.05, 0.1) is 31.8 Å². The van der Waals surface area contributed by atoms with E-state index in [1.807, 2.05) is 6.92 Å². The molecule has 27 heavy (non-hydrogen) atoms. The highest BCUT2D eigenvalue weighted by molar-refractivity contribution is 7.18. The zero-order valence-electron chi connectivity index (χ0n) is 15.4. The minimum atomic E-state index is -0.545. The van der Waals surface area contributed by atoms with Crippen molar-refractivity contribution in [2.75, 3.05) is 33.5 Å². The fraction of sp³-hybridized carbons (Fsp3) is 0.588. The van der Waals surface area contributed by atoms with E-state index in [0.717, 1.165) is 15.0 Å². The van der Waals surface area contributed by atoms with Gasteiger partial charge in [-0.05, 0) is 18.9 Å². The number of ether oxygens (including phenoxy) is 1. The molecule has 1 saturated heterocycles. The highest BCUT2D eigenvalue weighted by Crippen LogP contribution is 2.29. The van der Waals surface area contributed by atoms with Crippen LogP contribution in [0.3, 0.4) is 0 Å². The zero-order chi connectivity index (χ0) is 19.6. The van der Waals surface area contributed by atoms with Crippen LogP contribution in [0.25, 0.3) is 10.2 Å². The van der Waals surface area contributed by atoms with Crippen molar-refractivity contribution in [3.05, 3.63) is 31.3 Å². The zero-order valence-corrected chi connectivity index (χ0v) is 16.2. The molecule has 0 saturated carbocycles. The lowest BCUT2D eigenvalue weighted by Gasteiger charge is -2.12. The van der Waals surface area contributed by atoms with E-state index in [1.54, 1.807) is 4.90 Å². The van der Waals surface area contributed by atoms with Crippen molar-refractivity contribution in [2.45, 2.75) is 33.0 Å². The lowest BCUT2D eigenvalue weighted by molar-refractivity contribution is 0.184. The van der Waals surface area contributed by atoms with Gasteiger partial charge in [-0.15, -0.1) is 11.3 Å². The van der Waals surface area contributed by atoms with Gasteiger partial charge >= 0.3 is 11.7 Å². The molecular formula is C17H23FN4O4S. The third-order valence-corrected chi connectivity index (χ3v) is 6.01. The molecule has 3 rings (SSSR count). The van der Waals surface area contributed by atoms with E-state index in [0.29, 0.717) is 29.9 Å². The quantitative estimate of drug-likeness (QED) is 0.721. The van der Waals surface area contributed by atoms with Gasteiger partial charge in [-0.1, -0.05) is 0 Å². The van der Waals surface area contributed by atoms with Crippen molar-refractivity contribution < 1.29 is 13.9 Å². The van der Waals surface area contributed by atoms with Gasteiger partial charge in [0.15, 0.2) is 0 Å². The number of aromatic nitrogens is 2. The Bertz CT molecular complexity index is 964. The van der Waals surface area contributed by atoms with E-state index >= 15 is 0 Å². The molecule has 0 unspecified atom stereocenters. The van der Waals surface area contributed by atoms with Crippen LogP contribution in [0, 0.1) is 6.92 Å². The van der Waals surface area contributed by atoms with Crippen LogP contribution < -0.4 is 16.6 Å². The Morgan fingerprint density at radius 2 is 2.00 bits per heavy atom. The van der Waals surface area contributed by atoms with Crippen molar-refractivity contribution in [3.8, 4) is 0 Å². The van der Waals surface area contributed by atoms with E-state index in [1.165, 1.54) is 23.0 Å². The van der Waals surface area contributed by atoms with Gasteiger partial charge in [-0.2, -0.15) is 0 Å². The minimum Gasteiger partial charge on any atom is -0.383 e. The topological polar surface area (TPSA) is 85.6 Å². The molecule has 1 aliphatic rings. The molecule has 1 fully saturated rings. The first-order chi connectivity index (χ1) is 13.0. The molecule has 0 aliphatic carbocycles. The number of methoxy groups -OCH3 is 1. The van der Waals surface area contributed by atoms with Gasteiger partial charge < -0.3 is 15.0 Å². The smallest absolute Gasteiger partial charge is 0.332 e. The predicted molar refractivity (Wildman–Crippen MR) is 101 cm³/mol. The maximum atomic E-state index is 13.0. The second-order valence-electron chi connectivity index (χ2n) is 6.41. The summed E-state index contributed by atoms with van der Waals surface area (Å²) in [7, 11) is 1.50. The number of urea groups is 1. The first-order valence-corrected chi connectivity index (χ1v) is 9.64. The fourth-order valence-corrected chi connectivity index (χ4v) is 4.55. The van der Waals surface area contributed by atoms with Crippen LogP contribution in [0.2, 0.25) is 0 Å². The Kier molecular flexibility index (Phi) is 5.95. The van der Waals surface area contributed by atoms with Crippen molar-refractivity contribution in [3.63, 3.8) is 0 Å². The van der Waals surface area contributed by atoms with Gasteiger partial charge in [-0.3, -0.25) is 18.3 Å². The van der Waals surface area contributed by atoms with Crippen LogP contribution in [0.5, 0.6) is 0 Å². The maximum absolute atomic E-state index is 13.0. The van der Waals surface area contributed by atoms with Crippen molar-refractivity contribution >= 4 is 27.6 Å². The predicted octanol–water partition coefficient (Wildman–Crippen LogP) is 1.06. The number of hydrogen-bond acceptors (Lipinski definition) is 5. The lowest BCUT2D eigenvalue weighted by atomic mass is 10.2. The number of hydrogen-bond donors (Lipinski definition) is 1. The van der Waals surface area contributed by atoms with Crippen LogP contribution in [-0.2, 0) is 24.4 Å². The molecule has 2 aromatic rings. The van der Waals surface area contributed by atoms with Gasteiger partial charge in [-0.25, -0.2) is 9.59 Å². The number of fused-ring (bicyclic) bond motifs is 1. The molecule has 0 atom stereocenters. The second-order valence-corrected chi connectivity index (χ2v) is 7.49. The SMILES string of the molecule is COCCn1c(=O)c2c(C)c(CN3CCNC3=O)sc2n(CCCF)c1=O. The highest BCUT2D eigenvalue weighted by atomic mass is 32.1. The Hall–Kier alpha value is -2.20. The number of carbonyl (C=O) groups is 1. The molecule has 1 aliphatic heterocycles. The summed E-state index contributed by atoms with van der Waals surface area (Å²) in [6.07, 6.45) is 0.193. The minimum absolute atomic E-state index is 0.138. The first-order valence-electron chi connectivity index (χ1n) is 8.82. The molecule has 2 aromatic heterocycles. The Labute approximate surface area is 159 Å². The van der Waals surface area contributed by atoms with E-state index in [2.05, 4.69) is 5.32 Å². The molecule has 8 nitrogen and oxygen atoms in total. The van der Waals surface area contributed by atoms with Crippen LogP contribution in [0.15, 0.2) is 9.59 Å². The van der Waals surface area contributed by atoms with Crippen LogP contribution in [0.4, 0.5) is 9.18 Å². The van der Waals surface area contributed by atoms with Gasteiger partial charge in [0.25, 0.3) is 5.56 Å². The third-order valence-electron chi connectivity index (χ3n) is 4.71. The van der Waals surface area contributed by atoms with Crippen molar-refractivity contribution in [1.82, 2.24) is 19.4 Å². The molecule has 10 heteroatoms. The molecule has 3 heterocycles. The van der Waals surface area contributed by atoms with E-state index in [4.69, 9.17) is 4.74 Å². The summed E-state index contributed by atoms with van der Waals surface area (Å²) in [5.41, 5.74) is -0.0565. The normalized spacial score (nSPS) is 14.3. The number of nitrogens with zero attached hydrogens (tertiary/aromatic N) is 3. The van der Waals surface area contributed by atoms with Crippen molar-refractivity contribution in [1.29, 1.82) is 0 Å². The standard InChI is InChI=1S/C17H23FN4O4S/c1-11-12(10-20-7-5-19-16(20)24)27-15-13(11)14(23)21(8-9-26-2)17(25)22(15)6-3-4-18/h3-10H2,1-2H3,(H,19,24). The number of nitrogens with one attached hydrogen (secondary N) is 1. The van der Waals surface area contributed by atoms with Crippen molar-refractivity contribution in [2.24, 2.45) is 0 Å². The van der Waals surface area contributed by atoms with Crippen LogP contribution >= 0.6 is 11.3 Å². The summed E-state index contributed by atoms with van der Waals surface area (Å²) in [6.45, 7) is 3.42. The molecule has 0 aromatic carbocycles. The first kappa shape index (κ1) is 19.6. The van der Waals surface area contributed by atoms with E-state index in [9.17, 15) is 18.8 Å². The summed E-state index contributed by atoms with van der Waals surface area (Å²) in [5.74, 6) is 0. The van der Waals surface area contributed by atoms with Gasteiger partial charge in [0.1, 0.15) is 4.83 Å². The Balaban J connectivity index is 2.14. The molecule has 2 amide bonds. The number of carbonyl (C=O) groups excluding carboxylic acids is 1. The molecule has 148 valence electrons. The second kappa shape index (κ2) is 8.22. The van der Waals surface area contributed by atoms with Crippen LogP contribution in [0.1, 0.15) is 16.9 Å². The Morgan fingerprint density at radius 1 is 1.22 bits per heavy atom. The van der Waals surface area contributed by atoms with Gasteiger partial charge in [0, 0.05) is 31.6 Å². The summed E-state index contributed by atoms with van der Waals surface area (Å²) < 4.78 is 20.4. The largest absolute Gasteiger partial charge is 0.383 e. The average molecular weight is 398 g/mol. The monoisotopic (exact) mass is 398 g/mol. The van der Waals surface area contributed by atoms with E-state index in [-0.39, 0.29) is 37.7 Å². The maximum Gasteiger partial charge on any atom is 0.332 e. The number of aryl methyl sites for hydroxylation is 2. The highest BCUT2D eigenvalue weighted by Gasteiger charge is 2.24. The molecule has 0 radical (unpaired) electrons. The summed E-state index contributed by atoms with van der Waals surface area (Å²) in [5, 5.41) is 3.21. The molecule has 0 spiro atoms. The number of rotatable bonds is 8. The molecule has 0 bridgehead atoms. The molecular weight excluding hydrogens is 375 g/mol. The van der Waals surface area contributed by atoms with Crippen LogP contribution in [-0.4, -0.2) is 53.5 Å². The summed E-state index contributed by atoms with van der Waals surface area (Å²) in [6, 6.07) is -0.140. The third kappa shape index (κ3) is 3.63. The van der Waals surface area contributed by atoms with E-state index < -0.39 is 12.4 Å². The Morgan fingerprint density at radius 3 is 2.63 bits per heavy atom. The number of halogens is 1. The van der Waals surface area contributed by atoms with Gasteiger partial charge in [0.2, 0.25) is 0 Å². The average Bonchev–Trinajstić information content (AvgIpc) is 3.19. The summed E-state index contributed by atoms with van der Waals surface area (Å²) in [4.78, 5) is 40.7. The lowest BCUT2D eigenvalue weighted by Crippen LogP contribution is -2.40. The summed E-state index contributed by atoms with van der Waals surface area (Å²) >= 11 is 1.32. The molecule has 1 N–H and O–H groups in total.